The molecule has 1 heterocycles. The summed E-state index contributed by atoms with van der Waals surface area (Å²) in [5.41, 5.74) is 1.34. The van der Waals surface area contributed by atoms with Crippen LogP contribution in [0.1, 0.15) is 5.56 Å². The summed E-state index contributed by atoms with van der Waals surface area (Å²) >= 11 is 0. The molecule has 8 nitrogen and oxygen atoms in total. The van der Waals surface area contributed by atoms with Gasteiger partial charge in [-0.3, -0.25) is 9.10 Å². The predicted molar refractivity (Wildman–Crippen MR) is 109 cm³/mol. The lowest BCUT2D eigenvalue weighted by atomic mass is 10.1. The summed E-state index contributed by atoms with van der Waals surface area (Å²) < 4.78 is 42.1. The molecule has 156 valence electrons. The molecule has 3 rings (SSSR count). The zero-order valence-corrected chi connectivity index (χ0v) is 17.4. The van der Waals surface area contributed by atoms with E-state index in [9.17, 15) is 13.2 Å². The lowest BCUT2D eigenvalue weighted by molar-refractivity contribution is -0.127. The van der Waals surface area contributed by atoms with Crippen molar-refractivity contribution in [3.63, 3.8) is 0 Å². The van der Waals surface area contributed by atoms with Gasteiger partial charge in [-0.25, -0.2) is 8.42 Å². The highest BCUT2D eigenvalue weighted by molar-refractivity contribution is 7.92. The molecule has 0 bridgehead atoms. The van der Waals surface area contributed by atoms with E-state index in [-0.39, 0.29) is 19.7 Å². The van der Waals surface area contributed by atoms with E-state index in [2.05, 4.69) is 5.32 Å². The van der Waals surface area contributed by atoms with Crippen LogP contribution in [0.15, 0.2) is 42.5 Å². The topological polar surface area (TPSA) is 94.2 Å². The summed E-state index contributed by atoms with van der Waals surface area (Å²) in [5.74, 6) is 1.26. The van der Waals surface area contributed by atoms with Gasteiger partial charge in [-0.15, -0.1) is 0 Å². The lowest BCUT2D eigenvalue weighted by Gasteiger charge is -2.34. The first-order chi connectivity index (χ1) is 13.8. The highest BCUT2D eigenvalue weighted by Crippen LogP contribution is 2.35. The van der Waals surface area contributed by atoms with Crippen molar-refractivity contribution in [2.45, 2.75) is 13.0 Å². The molecular formula is C20H24N2O6S. The number of hydrogen-bond acceptors (Lipinski definition) is 6. The molecule has 1 aliphatic heterocycles. The van der Waals surface area contributed by atoms with E-state index in [1.54, 1.807) is 31.4 Å². The Balaban J connectivity index is 1.60. The first-order valence-electron chi connectivity index (χ1n) is 9.07. The molecule has 0 radical (unpaired) electrons. The SMILES string of the molecule is COc1cccc(OCCNC(=O)[C@@H]2CN(S(C)(=O)=O)c3cc(C)ccc3O2)c1. The maximum Gasteiger partial charge on any atom is 0.263 e. The molecule has 29 heavy (non-hydrogen) atoms. The van der Waals surface area contributed by atoms with Crippen LogP contribution in [0, 0.1) is 6.92 Å². The van der Waals surface area contributed by atoms with Gasteiger partial charge in [0, 0.05) is 6.07 Å². The van der Waals surface area contributed by atoms with E-state index in [0.29, 0.717) is 22.9 Å². The molecule has 1 N–H and O–H groups in total. The monoisotopic (exact) mass is 420 g/mol. The average molecular weight is 420 g/mol. The highest BCUT2D eigenvalue weighted by Gasteiger charge is 2.34. The molecular weight excluding hydrogens is 396 g/mol. The first kappa shape index (κ1) is 20.8. The molecule has 0 aromatic heterocycles. The van der Waals surface area contributed by atoms with Crippen LogP contribution >= 0.6 is 0 Å². The fourth-order valence-corrected chi connectivity index (χ4v) is 3.87. The number of fused-ring (bicyclic) bond motifs is 1. The quantitative estimate of drug-likeness (QED) is 0.686. The van der Waals surface area contributed by atoms with E-state index >= 15 is 0 Å². The number of methoxy groups -OCH3 is 1. The van der Waals surface area contributed by atoms with Gasteiger partial charge in [0.15, 0.2) is 6.10 Å². The first-order valence-corrected chi connectivity index (χ1v) is 10.9. The van der Waals surface area contributed by atoms with Crippen LogP contribution < -0.4 is 23.8 Å². The maximum atomic E-state index is 12.5. The third-order valence-electron chi connectivity index (χ3n) is 4.39. The second kappa shape index (κ2) is 8.60. The Hall–Kier alpha value is -2.94. The van der Waals surface area contributed by atoms with Crippen molar-refractivity contribution < 1.29 is 27.4 Å². The predicted octanol–water partition coefficient (Wildman–Crippen LogP) is 1.73. The van der Waals surface area contributed by atoms with Gasteiger partial charge in [0.2, 0.25) is 10.0 Å². The van der Waals surface area contributed by atoms with Crippen LogP contribution in [-0.4, -0.2) is 53.5 Å². The number of carbonyl (C=O) groups is 1. The number of benzene rings is 2. The van der Waals surface area contributed by atoms with E-state index in [0.717, 1.165) is 11.8 Å². The van der Waals surface area contributed by atoms with Crippen molar-refractivity contribution in [3.8, 4) is 17.2 Å². The van der Waals surface area contributed by atoms with E-state index in [4.69, 9.17) is 14.2 Å². The molecule has 1 atom stereocenters. The Morgan fingerprint density at radius 2 is 2.00 bits per heavy atom. The summed E-state index contributed by atoms with van der Waals surface area (Å²) in [4.78, 5) is 12.5. The summed E-state index contributed by atoms with van der Waals surface area (Å²) in [6.07, 6.45) is 0.165. The van der Waals surface area contributed by atoms with Crippen molar-refractivity contribution >= 4 is 21.6 Å². The average Bonchev–Trinajstić information content (AvgIpc) is 2.69. The second-order valence-corrected chi connectivity index (χ2v) is 8.60. The highest BCUT2D eigenvalue weighted by atomic mass is 32.2. The molecule has 0 aliphatic carbocycles. The number of anilines is 1. The van der Waals surface area contributed by atoms with Gasteiger partial charge < -0.3 is 19.5 Å². The lowest BCUT2D eigenvalue weighted by Crippen LogP contribution is -2.51. The summed E-state index contributed by atoms with van der Waals surface area (Å²) in [6.45, 7) is 2.27. The van der Waals surface area contributed by atoms with Crippen LogP contribution in [0.3, 0.4) is 0 Å². The number of nitrogens with one attached hydrogen (secondary N) is 1. The number of carbonyl (C=O) groups excluding carboxylic acids is 1. The fourth-order valence-electron chi connectivity index (χ4n) is 2.96. The Labute approximate surface area is 170 Å². The molecule has 0 unspecified atom stereocenters. The third kappa shape index (κ3) is 5.11. The Morgan fingerprint density at radius 1 is 1.24 bits per heavy atom. The van der Waals surface area contributed by atoms with Crippen molar-refractivity contribution in [1.29, 1.82) is 0 Å². The van der Waals surface area contributed by atoms with Gasteiger partial charge >= 0.3 is 0 Å². The van der Waals surface area contributed by atoms with Crippen LogP contribution in [0.2, 0.25) is 0 Å². The standard InChI is InChI=1S/C20H24N2O6S/c1-14-7-8-18-17(11-14)22(29(3,24)25)13-19(28-18)20(23)21-9-10-27-16-6-4-5-15(12-16)26-2/h4-8,11-12,19H,9-10,13H2,1-3H3,(H,21,23)/t19-/m0/s1. The summed E-state index contributed by atoms with van der Waals surface area (Å²) in [6, 6.07) is 12.4. The van der Waals surface area contributed by atoms with Gasteiger partial charge in [0.1, 0.15) is 23.9 Å². The van der Waals surface area contributed by atoms with Crippen LogP contribution in [-0.2, 0) is 14.8 Å². The van der Waals surface area contributed by atoms with Crippen molar-refractivity contribution in [2.24, 2.45) is 0 Å². The van der Waals surface area contributed by atoms with Gasteiger partial charge in [0.25, 0.3) is 5.91 Å². The van der Waals surface area contributed by atoms with E-state index < -0.39 is 22.0 Å². The van der Waals surface area contributed by atoms with Crippen LogP contribution in [0.25, 0.3) is 0 Å². The Bertz CT molecular complexity index is 992. The van der Waals surface area contributed by atoms with Crippen molar-refractivity contribution in [2.75, 3.05) is 37.4 Å². The minimum Gasteiger partial charge on any atom is -0.497 e. The van der Waals surface area contributed by atoms with E-state index in [1.807, 2.05) is 25.1 Å². The number of aryl methyl sites for hydroxylation is 1. The van der Waals surface area contributed by atoms with Crippen molar-refractivity contribution in [1.82, 2.24) is 5.32 Å². The number of ether oxygens (including phenoxy) is 3. The van der Waals surface area contributed by atoms with Crippen molar-refractivity contribution in [3.05, 3.63) is 48.0 Å². The number of amides is 1. The zero-order valence-electron chi connectivity index (χ0n) is 16.5. The molecule has 2 aromatic rings. The van der Waals surface area contributed by atoms with Gasteiger partial charge in [-0.1, -0.05) is 12.1 Å². The molecule has 0 fully saturated rings. The minimum absolute atomic E-state index is 0.0855. The molecule has 0 spiro atoms. The van der Waals surface area contributed by atoms with E-state index in [1.165, 1.54) is 4.31 Å². The fraction of sp³-hybridized carbons (Fsp3) is 0.350. The number of rotatable bonds is 7. The Kier molecular flexibility index (Phi) is 6.17. The van der Waals surface area contributed by atoms with Crippen LogP contribution in [0.5, 0.6) is 17.2 Å². The smallest absolute Gasteiger partial charge is 0.263 e. The summed E-state index contributed by atoms with van der Waals surface area (Å²) in [5, 5.41) is 2.72. The van der Waals surface area contributed by atoms with Crippen LogP contribution in [0.4, 0.5) is 5.69 Å². The van der Waals surface area contributed by atoms with Gasteiger partial charge in [0.05, 0.1) is 32.1 Å². The zero-order chi connectivity index (χ0) is 21.0. The van der Waals surface area contributed by atoms with Gasteiger partial charge in [-0.2, -0.15) is 0 Å². The molecule has 9 heteroatoms. The molecule has 0 saturated heterocycles. The second-order valence-electron chi connectivity index (χ2n) is 6.69. The normalized spacial score (nSPS) is 15.8. The summed E-state index contributed by atoms with van der Waals surface area (Å²) in [7, 11) is -1.98. The molecule has 2 aromatic carbocycles. The molecule has 0 saturated carbocycles. The molecule has 1 aliphatic rings. The minimum atomic E-state index is -3.55. The Morgan fingerprint density at radius 3 is 2.72 bits per heavy atom. The third-order valence-corrected chi connectivity index (χ3v) is 5.53. The number of sulfonamides is 1. The number of hydrogen-bond donors (Lipinski definition) is 1. The maximum absolute atomic E-state index is 12.5. The number of nitrogens with zero attached hydrogens (tertiary/aromatic N) is 1. The van der Waals surface area contributed by atoms with Gasteiger partial charge in [-0.05, 0) is 36.8 Å². The largest absolute Gasteiger partial charge is 0.497 e. The molecule has 1 amide bonds.